The highest BCUT2D eigenvalue weighted by molar-refractivity contribution is 6.12. The molecule has 2 rings (SSSR count). The van der Waals surface area contributed by atoms with Crippen LogP contribution in [0.15, 0.2) is 0 Å². The molecule has 0 saturated heterocycles. The molecule has 0 aromatic heterocycles. The largest absolute Gasteiger partial charge is 0.370 e. The van der Waals surface area contributed by atoms with E-state index in [4.69, 9.17) is 9.47 Å². The van der Waals surface area contributed by atoms with Crippen molar-refractivity contribution in [2.75, 3.05) is 14.2 Å². The number of hydrogen-bond acceptors (Lipinski definition) is 4. The minimum Gasteiger partial charge on any atom is -0.370 e. The Kier molecular flexibility index (Phi) is 2.64. The van der Waals surface area contributed by atoms with Gasteiger partial charge in [-0.15, -0.1) is 0 Å². The summed E-state index contributed by atoms with van der Waals surface area (Å²) in [6.07, 6.45) is 2.10. The van der Waals surface area contributed by atoms with Crippen molar-refractivity contribution in [1.82, 2.24) is 0 Å². The van der Waals surface area contributed by atoms with Gasteiger partial charge in [-0.2, -0.15) is 0 Å². The van der Waals surface area contributed by atoms with Crippen molar-refractivity contribution < 1.29 is 19.1 Å². The van der Waals surface area contributed by atoms with Gasteiger partial charge in [-0.25, -0.2) is 0 Å². The topological polar surface area (TPSA) is 52.6 Å². The van der Waals surface area contributed by atoms with Gasteiger partial charge in [-0.05, 0) is 25.7 Å². The zero-order chi connectivity index (χ0) is 11.1. The highest BCUT2D eigenvalue weighted by Gasteiger charge is 2.54. The fourth-order valence-corrected chi connectivity index (χ4v) is 2.79. The number of hydrogen-bond donors (Lipinski definition) is 0. The molecule has 2 aliphatic rings. The molecule has 4 nitrogen and oxygen atoms in total. The maximum Gasteiger partial charge on any atom is 0.200 e. The molecular formula is C11H16O4. The number of carbonyl (C=O) groups is 2. The molecule has 3 unspecified atom stereocenters. The van der Waals surface area contributed by atoms with Gasteiger partial charge in [0.05, 0.1) is 0 Å². The molecule has 2 fully saturated rings. The lowest BCUT2D eigenvalue weighted by atomic mass is 9.66. The molecule has 3 atom stereocenters. The smallest absolute Gasteiger partial charge is 0.200 e. The first-order valence-corrected chi connectivity index (χ1v) is 5.30. The SMILES string of the molecule is COC1C(=O)C2CCCC(OC)(C2)C1=O. The van der Waals surface area contributed by atoms with E-state index in [-0.39, 0.29) is 17.5 Å². The van der Waals surface area contributed by atoms with Gasteiger partial charge < -0.3 is 9.47 Å². The summed E-state index contributed by atoms with van der Waals surface area (Å²) in [6, 6.07) is 0. The second kappa shape index (κ2) is 3.68. The molecule has 0 heterocycles. The third kappa shape index (κ3) is 1.43. The van der Waals surface area contributed by atoms with E-state index < -0.39 is 11.7 Å². The van der Waals surface area contributed by atoms with Crippen LogP contribution in [0.4, 0.5) is 0 Å². The number of carbonyl (C=O) groups excluding carboxylic acids is 2. The number of Topliss-reactive ketones (excluding diaryl/α,β-unsaturated/α-hetero) is 2. The van der Waals surface area contributed by atoms with E-state index in [2.05, 4.69) is 0 Å². The summed E-state index contributed by atoms with van der Waals surface area (Å²) in [5, 5.41) is 0. The third-order valence-corrected chi connectivity index (χ3v) is 3.68. The number of methoxy groups -OCH3 is 2. The third-order valence-electron chi connectivity index (χ3n) is 3.68. The van der Waals surface area contributed by atoms with Gasteiger partial charge >= 0.3 is 0 Å². The van der Waals surface area contributed by atoms with Crippen molar-refractivity contribution in [1.29, 1.82) is 0 Å². The van der Waals surface area contributed by atoms with E-state index in [0.29, 0.717) is 12.8 Å². The van der Waals surface area contributed by atoms with Crippen LogP contribution < -0.4 is 0 Å². The number of fused-ring (bicyclic) bond motifs is 2. The van der Waals surface area contributed by atoms with Crippen LogP contribution in [0.25, 0.3) is 0 Å². The molecule has 0 radical (unpaired) electrons. The summed E-state index contributed by atoms with van der Waals surface area (Å²) in [7, 11) is 2.95. The van der Waals surface area contributed by atoms with Crippen LogP contribution in [0.3, 0.4) is 0 Å². The average molecular weight is 212 g/mol. The van der Waals surface area contributed by atoms with E-state index in [1.165, 1.54) is 7.11 Å². The Balaban J connectivity index is 2.34. The Morgan fingerprint density at radius 1 is 1.33 bits per heavy atom. The highest BCUT2D eigenvalue weighted by atomic mass is 16.5. The first-order valence-electron chi connectivity index (χ1n) is 5.30. The maximum absolute atomic E-state index is 12.1. The van der Waals surface area contributed by atoms with Gasteiger partial charge in [0.25, 0.3) is 0 Å². The van der Waals surface area contributed by atoms with Gasteiger partial charge in [-0.1, -0.05) is 0 Å². The molecule has 15 heavy (non-hydrogen) atoms. The van der Waals surface area contributed by atoms with Crippen LogP contribution in [0.2, 0.25) is 0 Å². The van der Waals surface area contributed by atoms with Gasteiger partial charge in [-0.3, -0.25) is 9.59 Å². The summed E-state index contributed by atoms with van der Waals surface area (Å²) >= 11 is 0. The van der Waals surface area contributed by atoms with Crippen LogP contribution in [-0.4, -0.2) is 37.5 Å². The molecule has 0 aliphatic heterocycles. The van der Waals surface area contributed by atoms with Crippen LogP contribution in [-0.2, 0) is 19.1 Å². The number of rotatable bonds is 2. The minimum atomic E-state index is -0.899. The molecule has 0 spiro atoms. The van der Waals surface area contributed by atoms with E-state index in [1.807, 2.05) is 0 Å². The Bertz CT molecular complexity index is 299. The van der Waals surface area contributed by atoms with Crippen molar-refractivity contribution in [3.8, 4) is 0 Å². The van der Waals surface area contributed by atoms with Crippen LogP contribution >= 0.6 is 0 Å². The standard InChI is InChI=1S/C11H16O4/c1-14-9-8(12)7-4-3-5-11(6-7,15-2)10(9)13/h7,9H,3-6H2,1-2H3. The predicted octanol–water partition coefficient (Wildman–Crippen LogP) is 0.729. The zero-order valence-electron chi connectivity index (χ0n) is 9.12. The maximum atomic E-state index is 12.1. The fourth-order valence-electron chi connectivity index (χ4n) is 2.79. The van der Waals surface area contributed by atoms with Crippen molar-refractivity contribution >= 4 is 11.6 Å². The average Bonchev–Trinajstić information content (AvgIpc) is 2.28. The van der Waals surface area contributed by atoms with E-state index in [1.54, 1.807) is 7.11 Å². The van der Waals surface area contributed by atoms with Gasteiger partial charge in [0.1, 0.15) is 5.60 Å². The molecule has 0 amide bonds. The zero-order valence-corrected chi connectivity index (χ0v) is 9.12. The Hall–Kier alpha value is -0.740. The highest BCUT2D eigenvalue weighted by Crippen LogP contribution is 2.41. The summed E-state index contributed by atoms with van der Waals surface area (Å²) in [5.74, 6) is -0.301. The molecule has 4 heteroatoms. The lowest BCUT2D eigenvalue weighted by molar-refractivity contribution is -0.173. The molecule has 2 saturated carbocycles. The second-order valence-corrected chi connectivity index (χ2v) is 4.37. The second-order valence-electron chi connectivity index (χ2n) is 4.37. The monoisotopic (exact) mass is 212 g/mol. The number of ketones is 2. The molecule has 2 bridgehead atoms. The lowest BCUT2D eigenvalue weighted by Gasteiger charge is -2.44. The summed E-state index contributed by atoms with van der Waals surface area (Å²) in [5.41, 5.74) is -0.752. The van der Waals surface area contributed by atoms with Crippen LogP contribution in [0, 0.1) is 5.92 Å². The molecule has 0 aromatic rings. The van der Waals surface area contributed by atoms with Crippen LogP contribution in [0.5, 0.6) is 0 Å². The molecular weight excluding hydrogens is 196 g/mol. The predicted molar refractivity (Wildman–Crippen MR) is 52.5 cm³/mol. The van der Waals surface area contributed by atoms with E-state index in [9.17, 15) is 9.59 Å². The normalized spacial score (nSPS) is 40.7. The van der Waals surface area contributed by atoms with Gasteiger partial charge in [0.15, 0.2) is 11.9 Å². The molecule has 0 N–H and O–H groups in total. The summed E-state index contributed by atoms with van der Waals surface area (Å²) < 4.78 is 10.4. The first-order chi connectivity index (χ1) is 7.14. The fraction of sp³-hybridized carbons (Fsp3) is 0.818. The Morgan fingerprint density at radius 3 is 2.67 bits per heavy atom. The Morgan fingerprint density at radius 2 is 2.07 bits per heavy atom. The molecule has 2 aliphatic carbocycles. The molecule has 84 valence electrons. The Labute approximate surface area is 88.9 Å². The summed E-state index contributed by atoms with van der Waals surface area (Å²) in [6.45, 7) is 0. The van der Waals surface area contributed by atoms with Crippen molar-refractivity contribution in [3.63, 3.8) is 0 Å². The van der Waals surface area contributed by atoms with E-state index >= 15 is 0 Å². The van der Waals surface area contributed by atoms with Crippen molar-refractivity contribution in [2.45, 2.75) is 37.4 Å². The first kappa shape index (κ1) is 10.8. The van der Waals surface area contributed by atoms with Crippen molar-refractivity contribution in [3.05, 3.63) is 0 Å². The van der Waals surface area contributed by atoms with Crippen LogP contribution in [0.1, 0.15) is 25.7 Å². The quantitative estimate of drug-likeness (QED) is 0.633. The lowest BCUT2D eigenvalue weighted by Crippen LogP contribution is -2.59. The van der Waals surface area contributed by atoms with Gasteiger partial charge in [0.2, 0.25) is 5.78 Å². The van der Waals surface area contributed by atoms with Crippen molar-refractivity contribution in [2.24, 2.45) is 5.92 Å². The molecule has 0 aromatic carbocycles. The van der Waals surface area contributed by atoms with Gasteiger partial charge in [0, 0.05) is 20.1 Å². The summed E-state index contributed by atoms with van der Waals surface area (Å²) in [4.78, 5) is 23.9. The van der Waals surface area contributed by atoms with E-state index in [0.717, 1.165) is 12.8 Å². The minimum absolute atomic E-state index is 0.0543. The number of ether oxygens (including phenoxy) is 2.